The van der Waals surface area contributed by atoms with E-state index < -0.39 is 21.9 Å². The first-order chi connectivity index (χ1) is 13.4. The maximum Gasteiger partial charge on any atom is 0.244 e. The molecule has 1 aliphatic heterocycles. The molecule has 1 saturated heterocycles. The number of nitrogens with zero attached hydrogens (tertiary/aromatic N) is 2. The van der Waals surface area contributed by atoms with Gasteiger partial charge in [-0.05, 0) is 62.8 Å². The molecule has 1 aromatic heterocycles. The number of fused-ring (bicyclic) bond motifs is 1. The average molecular weight is 424 g/mol. The Morgan fingerprint density at radius 2 is 1.89 bits per heavy atom. The third-order valence-electron chi connectivity index (χ3n) is 5.25. The summed E-state index contributed by atoms with van der Waals surface area (Å²) in [6.45, 7) is 0.270. The molecule has 2 heterocycles. The number of hydrogen-bond acceptors (Lipinski definition) is 5. The number of hydrogen-bond donors (Lipinski definition) is 1. The van der Waals surface area contributed by atoms with Crippen LogP contribution in [-0.4, -0.2) is 36.2 Å². The minimum atomic E-state index is -3.86. The molecule has 0 unspecified atom stereocenters. The fourth-order valence-corrected chi connectivity index (χ4v) is 6.51. The van der Waals surface area contributed by atoms with Crippen LogP contribution >= 0.6 is 11.3 Å². The molecule has 0 spiro atoms. The second-order valence-corrected chi connectivity index (χ2v) is 10.1. The van der Waals surface area contributed by atoms with E-state index in [2.05, 4.69) is 10.3 Å². The van der Waals surface area contributed by atoms with Crippen LogP contribution in [0.15, 0.2) is 29.2 Å². The van der Waals surface area contributed by atoms with Gasteiger partial charge in [-0.1, -0.05) is 6.42 Å². The summed E-state index contributed by atoms with van der Waals surface area (Å²) in [5.74, 6) is -0.856. The topological polar surface area (TPSA) is 79.4 Å². The lowest BCUT2D eigenvalue weighted by molar-refractivity contribution is -0.119. The summed E-state index contributed by atoms with van der Waals surface area (Å²) < 4.78 is 40.2. The number of sulfonamides is 1. The molecule has 1 amide bonds. The van der Waals surface area contributed by atoms with E-state index in [1.54, 1.807) is 0 Å². The van der Waals surface area contributed by atoms with E-state index in [1.165, 1.54) is 39.1 Å². The Bertz CT molecular complexity index is 949. The van der Waals surface area contributed by atoms with Crippen molar-refractivity contribution in [2.45, 2.75) is 55.9 Å². The van der Waals surface area contributed by atoms with Crippen molar-refractivity contribution in [1.82, 2.24) is 9.29 Å². The maximum atomic E-state index is 13.1. The normalized spacial score (nSPS) is 20.5. The molecule has 0 bridgehead atoms. The van der Waals surface area contributed by atoms with Crippen LogP contribution in [0.25, 0.3) is 0 Å². The van der Waals surface area contributed by atoms with Gasteiger partial charge in [0.2, 0.25) is 15.9 Å². The van der Waals surface area contributed by atoms with Gasteiger partial charge >= 0.3 is 0 Å². The SMILES string of the molecule is O=C(Nc1nc2c(s1)CCCCC2)[C@@H]1CCCN1S(=O)(=O)c1ccc(F)cc1. The van der Waals surface area contributed by atoms with Crippen molar-refractivity contribution in [1.29, 1.82) is 0 Å². The van der Waals surface area contributed by atoms with Crippen LogP contribution in [0.3, 0.4) is 0 Å². The molecule has 2 aromatic rings. The summed E-state index contributed by atoms with van der Waals surface area (Å²) in [7, 11) is -3.86. The van der Waals surface area contributed by atoms with E-state index >= 15 is 0 Å². The van der Waals surface area contributed by atoms with Gasteiger partial charge in [-0.25, -0.2) is 17.8 Å². The molecule has 6 nitrogen and oxygen atoms in total. The minimum absolute atomic E-state index is 0.00503. The van der Waals surface area contributed by atoms with Gasteiger partial charge in [-0.3, -0.25) is 4.79 Å². The summed E-state index contributed by atoms with van der Waals surface area (Å²) in [4.78, 5) is 18.6. The Balaban J connectivity index is 1.51. The van der Waals surface area contributed by atoms with Gasteiger partial charge in [0.25, 0.3) is 0 Å². The van der Waals surface area contributed by atoms with Crippen molar-refractivity contribution >= 4 is 32.4 Å². The molecule has 1 N–H and O–H groups in total. The third kappa shape index (κ3) is 3.83. The highest BCUT2D eigenvalue weighted by Gasteiger charge is 2.39. The Morgan fingerprint density at radius 1 is 1.14 bits per heavy atom. The van der Waals surface area contributed by atoms with E-state index in [4.69, 9.17) is 0 Å². The second-order valence-electron chi connectivity index (χ2n) is 7.17. The number of aromatic nitrogens is 1. The lowest BCUT2D eigenvalue weighted by Crippen LogP contribution is -2.43. The number of halogens is 1. The zero-order chi connectivity index (χ0) is 19.7. The van der Waals surface area contributed by atoms with E-state index in [0.717, 1.165) is 43.5 Å². The number of anilines is 1. The molecule has 0 radical (unpaired) electrons. The molecule has 1 aliphatic carbocycles. The molecule has 4 rings (SSSR count). The number of carbonyl (C=O) groups is 1. The fraction of sp³-hybridized carbons (Fsp3) is 0.474. The van der Waals surface area contributed by atoms with Crippen molar-refractivity contribution in [3.05, 3.63) is 40.7 Å². The van der Waals surface area contributed by atoms with Gasteiger partial charge in [0.05, 0.1) is 10.6 Å². The quantitative estimate of drug-likeness (QED) is 0.765. The largest absolute Gasteiger partial charge is 0.301 e. The van der Waals surface area contributed by atoms with Gasteiger partial charge in [-0.15, -0.1) is 11.3 Å². The van der Waals surface area contributed by atoms with Gasteiger partial charge in [0.1, 0.15) is 11.9 Å². The Labute approximate surface area is 167 Å². The highest BCUT2D eigenvalue weighted by molar-refractivity contribution is 7.89. The van der Waals surface area contributed by atoms with Crippen LogP contribution in [0.5, 0.6) is 0 Å². The summed E-state index contributed by atoms with van der Waals surface area (Å²) >= 11 is 1.49. The van der Waals surface area contributed by atoms with Crippen LogP contribution in [0.1, 0.15) is 42.7 Å². The number of amides is 1. The lowest BCUT2D eigenvalue weighted by Gasteiger charge is -2.23. The van der Waals surface area contributed by atoms with Gasteiger partial charge in [-0.2, -0.15) is 4.31 Å². The van der Waals surface area contributed by atoms with Crippen LogP contribution in [-0.2, 0) is 27.7 Å². The average Bonchev–Trinajstić information content (AvgIpc) is 3.25. The summed E-state index contributed by atoms with van der Waals surface area (Å²) in [5.41, 5.74) is 1.06. The van der Waals surface area contributed by atoms with Crippen LogP contribution < -0.4 is 5.32 Å². The zero-order valence-corrected chi connectivity index (χ0v) is 17.0. The van der Waals surface area contributed by atoms with Crippen LogP contribution in [0.2, 0.25) is 0 Å². The van der Waals surface area contributed by atoms with Crippen molar-refractivity contribution < 1.29 is 17.6 Å². The predicted octanol–water partition coefficient (Wildman–Crippen LogP) is 3.34. The molecule has 28 heavy (non-hydrogen) atoms. The number of carbonyl (C=O) groups excluding carboxylic acids is 1. The monoisotopic (exact) mass is 423 g/mol. The van der Waals surface area contributed by atoms with E-state index in [-0.39, 0.29) is 17.3 Å². The van der Waals surface area contributed by atoms with E-state index in [9.17, 15) is 17.6 Å². The number of rotatable bonds is 4. The summed E-state index contributed by atoms with van der Waals surface area (Å²) in [6.07, 6.45) is 6.41. The summed E-state index contributed by atoms with van der Waals surface area (Å²) in [5, 5.41) is 3.37. The first-order valence-electron chi connectivity index (χ1n) is 9.52. The first-order valence-corrected chi connectivity index (χ1v) is 11.8. The highest BCUT2D eigenvalue weighted by atomic mass is 32.2. The van der Waals surface area contributed by atoms with E-state index in [1.807, 2.05) is 0 Å². The molecule has 0 saturated carbocycles. The number of aryl methyl sites for hydroxylation is 2. The van der Waals surface area contributed by atoms with Gasteiger partial charge in [0, 0.05) is 11.4 Å². The van der Waals surface area contributed by atoms with Crippen molar-refractivity contribution in [3.63, 3.8) is 0 Å². The molecule has 150 valence electrons. The van der Waals surface area contributed by atoms with Crippen molar-refractivity contribution in [2.75, 3.05) is 11.9 Å². The zero-order valence-electron chi connectivity index (χ0n) is 15.4. The summed E-state index contributed by atoms with van der Waals surface area (Å²) in [6, 6.07) is 3.91. The second kappa shape index (κ2) is 7.88. The molecule has 1 fully saturated rings. The van der Waals surface area contributed by atoms with Gasteiger partial charge in [0.15, 0.2) is 5.13 Å². The maximum absolute atomic E-state index is 13.1. The third-order valence-corrected chi connectivity index (χ3v) is 8.25. The molecule has 1 aromatic carbocycles. The molecule has 1 atom stereocenters. The Hall–Kier alpha value is -1.84. The van der Waals surface area contributed by atoms with Crippen LogP contribution in [0, 0.1) is 5.82 Å². The minimum Gasteiger partial charge on any atom is -0.301 e. The highest BCUT2D eigenvalue weighted by Crippen LogP contribution is 2.31. The van der Waals surface area contributed by atoms with Crippen LogP contribution in [0.4, 0.5) is 9.52 Å². The Kier molecular flexibility index (Phi) is 5.48. The molecule has 9 heteroatoms. The first kappa shape index (κ1) is 19.5. The van der Waals surface area contributed by atoms with Crippen molar-refractivity contribution in [3.8, 4) is 0 Å². The number of nitrogens with one attached hydrogen (secondary N) is 1. The van der Waals surface area contributed by atoms with Crippen molar-refractivity contribution in [2.24, 2.45) is 0 Å². The van der Waals surface area contributed by atoms with E-state index in [0.29, 0.717) is 18.0 Å². The molecular formula is C19H22FN3O3S2. The predicted molar refractivity (Wildman–Crippen MR) is 105 cm³/mol. The fourth-order valence-electron chi connectivity index (χ4n) is 3.80. The smallest absolute Gasteiger partial charge is 0.244 e. The number of benzene rings is 1. The number of thiazole rings is 1. The standard InChI is InChI=1S/C19H22FN3O3S2/c20-13-8-10-14(11-9-13)28(25,26)23-12-4-6-16(23)18(24)22-19-21-15-5-2-1-3-7-17(15)27-19/h8-11,16H,1-7,12H2,(H,21,22,24)/t16-/m0/s1. The molecular weight excluding hydrogens is 401 g/mol. The Morgan fingerprint density at radius 3 is 2.68 bits per heavy atom. The lowest BCUT2D eigenvalue weighted by atomic mass is 10.2. The molecule has 2 aliphatic rings. The van der Waals surface area contributed by atoms with Gasteiger partial charge < -0.3 is 5.32 Å².